The first-order valence-electron chi connectivity index (χ1n) is 7.95. The Bertz CT molecular complexity index is 241. The molecule has 2 aliphatic carbocycles. The maximum absolute atomic E-state index is 9.44. The second-order valence-electron chi connectivity index (χ2n) is 7.33. The van der Waals surface area contributed by atoms with Crippen molar-refractivity contribution in [3.05, 3.63) is 0 Å². The standard InChI is InChI=1S/C16H31NO/c1-16(2)9-7-15(8-10-16)17-11-13-5-3-4-6-14(13)12-18/h13-15,17-18H,3-12H2,1-2H3. The van der Waals surface area contributed by atoms with Gasteiger partial charge in [0.2, 0.25) is 0 Å². The van der Waals surface area contributed by atoms with Gasteiger partial charge in [-0.3, -0.25) is 0 Å². The van der Waals surface area contributed by atoms with Gasteiger partial charge in [0.05, 0.1) is 0 Å². The largest absolute Gasteiger partial charge is 0.396 e. The average Bonchev–Trinajstić information content (AvgIpc) is 2.38. The number of hydrogen-bond acceptors (Lipinski definition) is 2. The molecular formula is C16H31NO. The van der Waals surface area contributed by atoms with Crippen molar-refractivity contribution in [3.63, 3.8) is 0 Å². The molecule has 0 aromatic rings. The van der Waals surface area contributed by atoms with Crippen LogP contribution in [-0.2, 0) is 0 Å². The summed E-state index contributed by atoms with van der Waals surface area (Å²) < 4.78 is 0. The van der Waals surface area contributed by atoms with E-state index in [1.165, 1.54) is 51.4 Å². The molecule has 106 valence electrons. The van der Waals surface area contributed by atoms with Crippen LogP contribution in [0.15, 0.2) is 0 Å². The summed E-state index contributed by atoms with van der Waals surface area (Å²) in [4.78, 5) is 0. The summed E-state index contributed by atoms with van der Waals surface area (Å²) in [6, 6.07) is 0.735. The first-order chi connectivity index (χ1) is 8.61. The highest BCUT2D eigenvalue weighted by Gasteiger charge is 2.28. The third kappa shape index (κ3) is 3.96. The van der Waals surface area contributed by atoms with Crippen LogP contribution >= 0.6 is 0 Å². The molecule has 2 nitrogen and oxygen atoms in total. The molecule has 0 aromatic carbocycles. The van der Waals surface area contributed by atoms with Crippen molar-refractivity contribution in [2.24, 2.45) is 17.3 Å². The SMILES string of the molecule is CC1(C)CCC(NCC2CCCCC2CO)CC1. The van der Waals surface area contributed by atoms with E-state index in [-0.39, 0.29) is 0 Å². The first-order valence-corrected chi connectivity index (χ1v) is 7.95. The van der Waals surface area contributed by atoms with Gasteiger partial charge < -0.3 is 10.4 Å². The van der Waals surface area contributed by atoms with Crippen molar-refractivity contribution in [1.82, 2.24) is 5.32 Å². The normalized spacial score (nSPS) is 33.5. The van der Waals surface area contributed by atoms with E-state index < -0.39 is 0 Å². The topological polar surface area (TPSA) is 32.3 Å². The van der Waals surface area contributed by atoms with E-state index in [1.807, 2.05) is 0 Å². The Balaban J connectivity index is 1.71. The van der Waals surface area contributed by atoms with Crippen LogP contribution in [0.4, 0.5) is 0 Å². The molecule has 18 heavy (non-hydrogen) atoms. The molecule has 0 amide bonds. The van der Waals surface area contributed by atoms with Crippen LogP contribution in [0, 0.1) is 17.3 Å². The zero-order chi connectivity index (χ0) is 13.0. The van der Waals surface area contributed by atoms with Crippen LogP contribution in [0.25, 0.3) is 0 Å². The third-order valence-corrected chi connectivity index (χ3v) is 5.31. The van der Waals surface area contributed by atoms with Crippen molar-refractivity contribution < 1.29 is 5.11 Å². The monoisotopic (exact) mass is 253 g/mol. The van der Waals surface area contributed by atoms with Crippen molar-refractivity contribution in [2.75, 3.05) is 13.2 Å². The van der Waals surface area contributed by atoms with Crippen molar-refractivity contribution in [3.8, 4) is 0 Å². The van der Waals surface area contributed by atoms with Crippen molar-refractivity contribution in [2.45, 2.75) is 71.3 Å². The molecule has 0 heterocycles. The van der Waals surface area contributed by atoms with E-state index in [2.05, 4.69) is 19.2 Å². The molecule has 2 rings (SSSR count). The first kappa shape index (κ1) is 14.3. The molecule has 0 aliphatic heterocycles. The molecule has 2 atom stereocenters. The number of nitrogens with one attached hydrogen (secondary N) is 1. The van der Waals surface area contributed by atoms with E-state index in [0.29, 0.717) is 17.9 Å². The number of aliphatic hydroxyl groups excluding tert-OH is 1. The molecule has 2 aliphatic rings. The van der Waals surface area contributed by atoms with Gasteiger partial charge >= 0.3 is 0 Å². The molecule has 0 saturated heterocycles. The average molecular weight is 253 g/mol. The molecular weight excluding hydrogens is 222 g/mol. The minimum atomic E-state index is 0.393. The predicted molar refractivity (Wildman–Crippen MR) is 76.6 cm³/mol. The Labute approximate surface area is 113 Å². The molecule has 0 spiro atoms. The molecule has 2 unspecified atom stereocenters. The minimum absolute atomic E-state index is 0.393. The third-order valence-electron chi connectivity index (χ3n) is 5.31. The van der Waals surface area contributed by atoms with Gasteiger partial charge in [-0.25, -0.2) is 0 Å². The molecule has 2 N–H and O–H groups in total. The Morgan fingerprint density at radius 1 is 1.00 bits per heavy atom. The van der Waals surface area contributed by atoms with Gasteiger partial charge in [0.25, 0.3) is 0 Å². The minimum Gasteiger partial charge on any atom is -0.396 e. The second-order valence-corrected chi connectivity index (χ2v) is 7.33. The highest BCUT2D eigenvalue weighted by atomic mass is 16.3. The van der Waals surface area contributed by atoms with Gasteiger partial charge in [-0.05, 0) is 62.3 Å². The lowest BCUT2D eigenvalue weighted by Crippen LogP contribution is -2.40. The Kier molecular flexibility index (Phi) is 5.08. The number of aliphatic hydroxyl groups is 1. The van der Waals surface area contributed by atoms with Gasteiger partial charge in [0.1, 0.15) is 0 Å². The van der Waals surface area contributed by atoms with Gasteiger partial charge in [-0.15, -0.1) is 0 Å². The fourth-order valence-electron chi connectivity index (χ4n) is 3.71. The molecule has 0 aromatic heterocycles. The van der Waals surface area contributed by atoms with E-state index in [1.54, 1.807) is 0 Å². The molecule has 2 saturated carbocycles. The van der Waals surface area contributed by atoms with Crippen LogP contribution in [0.5, 0.6) is 0 Å². The van der Waals surface area contributed by atoms with Crippen LogP contribution < -0.4 is 5.32 Å². The number of rotatable bonds is 4. The summed E-state index contributed by atoms with van der Waals surface area (Å²) in [6.45, 7) is 6.32. The van der Waals surface area contributed by atoms with Crippen LogP contribution in [-0.4, -0.2) is 24.3 Å². The Morgan fingerprint density at radius 3 is 2.22 bits per heavy atom. The van der Waals surface area contributed by atoms with Crippen molar-refractivity contribution >= 4 is 0 Å². The summed E-state index contributed by atoms with van der Waals surface area (Å²) in [7, 11) is 0. The van der Waals surface area contributed by atoms with Crippen LogP contribution in [0.3, 0.4) is 0 Å². The van der Waals surface area contributed by atoms with Gasteiger partial charge in [0.15, 0.2) is 0 Å². The molecule has 0 radical (unpaired) electrons. The summed E-state index contributed by atoms with van der Waals surface area (Å²) in [5, 5.41) is 13.2. The summed E-state index contributed by atoms with van der Waals surface area (Å²) in [5.74, 6) is 1.28. The highest BCUT2D eigenvalue weighted by Crippen LogP contribution is 2.35. The molecule has 2 fully saturated rings. The maximum atomic E-state index is 9.44. The van der Waals surface area contributed by atoms with Gasteiger partial charge in [0, 0.05) is 12.6 Å². The smallest absolute Gasteiger partial charge is 0.0462 e. The fourth-order valence-corrected chi connectivity index (χ4v) is 3.71. The van der Waals surface area contributed by atoms with Crippen LogP contribution in [0.2, 0.25) is 0 Å². The van der Waals surface area contributed by atoms with Gasteiger partial charge in [-0.1, -0.05) is 26.7 Å². The quantitative estimate of drug-likeness (QED) is 0.805. The molecule has 0 bridgehead atoms. The lowest BCUT2D eigenvalue weighted by Gasteiger charge is -2.37. The Hall–Kier alpha value is -0.0800. The van der Waals surface area contributed by atoms with E-state index >= 15 is 0 Å². The van der Waals surface area contributed by atoms with Crippen LogP contribution in [0.1, 0.15) is 65.2 Å². The lowest BCUT2D eigenvalue weighted by molar-refractivity contribution is 0.125. The fraction of sp³-hybridized carbons (Fsp3) is 1.00. The van der Waals surface area contributed by atoms with E-state index in [9.17, 15) is 5.11 Å². The highest BCUT2D eigenvalue weighted by molar-refractivity contribution is 4.84. The van der Waals surface area contributed by atoms with E-state index in [4.69, 9.17) is 0 Å². The summed E-state index contributed by atoms with van der Waals surface area (Å²) in [6.07, 6.45) is 10.6. The molecule has 2 heteroatoms. The zero-order valence-electron chi connectivity index (χ0n) is 12.3. The van der Waals surface area contributed by atoms with Gasteiger partial charge in [-0.2, -0.15) is 0 Å². The maximum Gasteiger partial charge on any atom is 0.0462 e. The summed E-state index contributed by atoms with van der Waals surface area (Å²) in [5.41, 5.74) is 0.566. The second kappa shape index (κ2) is 6.38. The van der Waals surface area contributed by atoms with E-state index in [0.717, 1.165) is 18.5 Å². The lowest BCUT2D eigenvalue weighted by atomic mass is 9.75. The predicted octanol–water partition coefficient (Wildman–Crippen LogP) is 3.34. The Morgan fingerprint density at radius 2 is 1.61 bits per heavy atom. The zero-order valence-corrected chi connectivity index (χ0v) is 12.3. The van der Waals surface area contributed by atoms with Crippen molar-refractivity contribution in [1.29, 1.82) is 0 Å². The number of hydrogen-bond donors (Lipinski definition) is 2. The summed E-state index contributed by atoms with van der Waals surface area (Å²) >= 11 is 0.